The first kappa shape index (κ1) is 20.3. The molecule has 0 spiro atoms. The normalized spacial score (nSPS) is 21.1. The summed E-state index contributed by atoms with van der Waals surface area (Å²) in [6.45, 7) is 4.13. The lowest BCUT2D eigenvalue weighted by Gasteiger charge is -2.35. The van der Waals surface area contributed by atoms with E-state index in [0.717, 1.165) is 40.9 Å². The van der Waals surface area contributed by atoms with E-state index in [-0.39, 0.29) is 17.7 Å². The third-order valence-corrected chi connectivity index (χ3v) is 5.99. The summed E-state index contributed by atoms with van der Waals surface area (Å²) >= 11 is 0. The Kier molecular flexibility index (Phi) is 5.93. The van der Waals surface area contributed by atoms with Crippen LogP contribution in [0.4, 0.5) is 0 Å². The van der Waals surface area contributed by atoms with E-state index in [1.165, 1.54) is 0 Å². The average Bonchev–Trinajstić information content (AvgIpc) is 2.79. The molecule has 154 valence electrons. The Morgan fingerprint density at radius 2 is 1.70 bits per heavy atom. The van der Waals surface area contributed by atoms with Crippen LogP contribution in [-0.2, 0) is 14.3 Å². The van der Waals surface area contributed by atoms with Crippen LogP contribution in [0.5, 0.6) is 0 Å². The lowest BCUT2D eigenvalue weighted by Crippen LogP contribution is -2.38. The number of Topliss-reactive ketones (excluding diaryl/α,β-unsaturated/α-hetero) is 1. The average molecular weight is 402 g/mol. The molecule has 0 saturated carbocycles. The Hall–Kier alpha value is -3.01. The minimum absolute atomic E-state index is 0.113. The minimum Gasteiger partial charge on any atom is -0.465 e. The maximum Gasteiger partial charge on any atom is 0.315 e. The van der Waals surface area contributed by atoms with Crippen molar-refractivity contribution in [3.8, 4) is 11.1 Å². The Balaban J connectivity index is 1.80. The van der Waals surface area contributed by atoms with Crippen molar-refractivity contribution in [2.75, 3.05) is 6.61 Å². The van der Waals surface area contributed by atoms with Crippen LogP contribution in [0.25, 0.3) is 11.1 Å². The predicted molar refractivity (Wildman–Crippen MR) is 118 cm³/mol. The molecule has 2 aromatic rings. The fourth-order valence-corrected chi connectivity index (χ4v) is 4.59. The largest absolute Gasteiger partial charge is 0.465 e. The van der Waals surface area contributed by atoms with Gasteiger partial charge in [-0.1, -0.05) is 61.5 Å². The van der Waals surface area contributed by atoms with Crippen molar-refractivity contribution in [1.82, 2.24) is 0 Å². The highest BCUT2D eigenvalue weighted by atomic mass is 16.5. The molecule has 4 nitrogen and oxygen atoms in total. The topological polar surface area (TPSA) is 55.7 Å². The zero-order chi connectivity index (χ0) is 21.1. The molecule has 0 N–H and O–H groups in total. The van der Waals surface area contributed by atoms with Crippen molar-refractivity contribution in [2.24, 2.45) is 10.9 Å². The van der Waals surface area contributed by atoms with Gasteiger partial charge >= 0.3 is 5.97 Å². The lowest BCUT2D eigenvalue weighted by atomic mass is 9.71. The molecular formula is C26H27NO3. The molecule has 2 aliphatic rings. The molecule has 2 aromatic carbocycles. The highest BCUT2D eigenvalue weighted by Gasteiger charge is 2.43. The minimum atomic E-state index is -0.543. The van der Waals surface area contributed by atoms with Crippen molar-refractivity contribution in [1.29, 1.82) is 0 Å². The van der Waals surface area contributed by atoms with Crippen molar-refractivity contribution in [3.05, 3.63) is 71.4 Å². The second kappa shape index (κ2) is 8.78. The monoisotopic (exact) mass is 401 g/mol. The number of rotatable bonds is 5. The van der Waals surface area contributed by atoms with Crippen molar-refractivity contribution < 1.29 is 14.3 Å². The van der Waals surface area contributed by atoms with E-state index in [9.17, 15) is 9.59 Å². The number of hydrogen-bond acceptors (Lipinski definition) is 4. The number of ketones is 1. The summed E-state index contributed by atoms with van der Waals surface area (Å²) in [5.41, 5.74) is 5.61. The number of nitrogens with zero attached hydrogens (tertiary/aromatic N) is 1. The van der Waals surface area contributed by atoms with Crippen LogP contribution in [-0.4, -0.2) is 24.1 Å². The SMILES string of the molecule is CCOC(=O)C1C(CC)=NC2=C(C(=O)CCC2)[C@@H]1c1ccc(-c2ccccc2)cc1. The van der Waals surface area contributed by atoms with E-state index in [1.807, 2.05) is 44.2 Å². The summed E-state index contributed by atoms with van der Waals surface area (Å²) < 4.78 is 5.42. The maximum absolute atomic E-state index is 13.0. The molecule has 30 heavy (non-hydrogen) atoms. The first-order valence-corrected chi connectivity index (χ1v) is 10.8. The van der Waals surface area contributed by atoms with Gasteiger partial charge in [0.25, 0.3) is 0 Å². The third kappa shape index (κ3) is 3.74. The zero-order valence-corrected chi connectivity index (χ0v) is 17.6. The quantitative estimate of drug-likeness (QED) is 0.623. The second-order valence-corrected chi connectivity index (χ2v) is 7.79. The van der Waals surface area contributed by atoms with E-state index >= 15 is 0 Å². The van der Waals surface area contributed by atoms with E-state index < -0.39 is 5.92 Å². The molecule has 0 fully saturated rings. The molecule has 1 aliphatic heterocycles. The number of carbonyl (C=O) groups excluding carboxylic acids is 2. The van der Waals surface area contributed by atoms with Gasteiger partial charge in [0.15, 0.2) is 5.78 Å². The van der Waals surface area contributed by atoms with Crippen molar-refractivity contribution in [2.45, 2.75) is 45.4 Å². The summed E-state index contributed by atoms with van der Waals surface area (Å²) in [4.78, 5) is 30.7. The van der Waals surface area contributed by atoms with Gasteiger partial charge in [-0.3, -0.25) is 14.6 Å². The lowest BCUT2D eigenvalue weighted by molar-refractivity contribution is -0.146. The molecule has 4 rings (SSSR count). The standard InChI is InChI=1S/C26H27NO3/c1-3-20-25(26(29)30-4-2)23(24-21(27-20)11-8-12-22(24)28)19-15-13-18(14-16-19)17-9-6-5-7-10-17/h5-7,9-10,13-16,23,25H,3-4,8,11-12H2,1-2H3/t23-,25?/m0/s1. The van der Waals surface area contributed by atoms with Gasteiger partial charge in [0.05, 0.1) is 6.61 Å². The summed E-state index contributed by atoms with van der Waals surface area (Å²) in [5, 5.41) is 0. The molecule has 1 unspecified atom stereocenters. The number of allylic oxidation sites excluding steroid dienone is 2. The Bertz CT molecular complexity index is 1000. The van der Waals surface area contributed by atoms with Crippen LogP contribution in [0, 0.1) is 5.92 Å². The van der Waals surface area contributed by atoms with Gasteiger partial charge < -0.3 is 4.74 Å². The summed E-state index contributed by atoms with van der Waals surface area (Å²) in [7, 11) is 0. The van der Waals surface area contributed by atoms with Gasteiger partial charge in [0, 0.05) is 29.3 Å². The van der Waals surface area contributed by atoms with Crippen LogP contribution in [0.15, 0.2) is 70.9 Å². The van der Waals surface area contributed by atoms with Crippen LogP contribution in [0.1, 0.15) is 51.0 Å². The number of carbonyl (C=O) groups is 2. The van der Waals surface area contributed by atoms with E-state index in [2.05, 4.69) is 24.3 Å². The number of hydrogen-bond donors (Lipinski definition) is 0. The van der Waals surface area contributed by atoms with E-state index in [4.69, 9.17) is 9.73 Å². The molecular weight excluding hydrogens is 374 g/mol. The molecule has 4 heteroatoms. The predicted octanol–water partition coefficient (Wildman–Crippen LogP) is 5.49. The third-order valence-electron chi connectivity index (χ3n) is 5.99. The molecule has 0 bridgehead atoms. The summed E-state index contributed by atoms with van der Waals surface area (Å²) in [6.07, 6.45) is 2.79. The van der Waals surface area contributed by atoms with E-state index in [0.29, 0.717) is 25.0 Å². The van der Waals surface area contributed by atoms with Gasteiger partial charge in [0.2, 0.25) is 0 Å². The van der Waals surface area contributed by atoms with Crippen LogP contribution in [0.3, 0.4) is 0 Å². The van der Waals surface area contributed by atoms with Gasteiger partial charge in [-0.15, -0.1) is 0 Å². The first-order chi connectivity index (χ1) is 14.6. The molecule has 0 radical (unpaired) electrons. The zero-order valence-electron chi connectivity index (χ0n) is 17.6. The fourth-order valence-electron chi connectivity index (χ4n) is 4.59. The first-order valence-electron chi connectivity index (χ1n) is 10.8. The van der Waals surface area contributed by atoms with Gasteiger partial charge in [-0.05, 0) is 42.9 Å². The molecule has 1 heterocycles. The molecule has 0 amide bonds. The number of esters is 1. The number of ether oxygens (including phenoxy) is 1. The number of aliphatic imine (C=N–C) groups is 1. The van der Waals surface area contributed by atoms with Crippen LogP contribution in [0.2, 0.25) is 0 Å². The van der Waals surface area contributed by atoms with Crippen LogP contribution >= 0.6 is 0 Å². The second-order valence-electron chi connectivity index (χ2n) is 7.79. The van der Waals surface area contributed by atoms with Gasteiger partial charge in [0.1, 0.15) is 5.92 Å². The molecule has 2 atom stereocenters. The van der Waals surface area contributed by atoms with Gasteiger partial charge in [-0.2, -0.15) is 0 Å². The highest BCUT2D eigenvalue weighted by molar-refractivity contribution is 6.09. The number of benzene rings is 2. The van der Waals surface area contributed by atoms with Gasteiger partial charge in [-0.25, -0.2) is 0 Å². The van der Waals surface area contributed by atoms with Crippen LogP contribution < -0.4 is 0 Å². The summed E-state index contributed by atoms with van der Waals surface area (Å²) in [6, 6.07) is 18.4. The molecule has 1 aliphatic carbocycles. The fraction of sp³-hybridized carbons (Fsp3) is 0.346. The Morgan fingerprint density at radius 3 is 2.37 bits per heavy atom. The van der Waals surface area contributed by atoms with E-state index in [1.54, 1.807) is 0 Å². The Morgan fingerprint density at radius 1 is 1.00 bits per heavy atom. The smallest absolute Gasteiger partial charge is 0.315 e. The maximum atomic E-state index is 13.0. The van der Waals surface area contributed by atoms with Crippen molar-refractivity contribution in [3.63, 3.8) is 0 Å². The highest BCUT2D eigenvalue weighted by Crippen LogP contribution is 2.44. The Labute approximate surface area is 177 Å². The molecule has 0 saturated heterocycles. The van der Waals surface area contributed by atoms with Crippen molar-refractivity contribution >= 4 is 17.5 Å². The summed E-state index contributed by atoms with van der Waals surface area (Å²) in [5.74, 6) is -1.05. The molecule has 0 aromatic heterocycles.